The van der Waals surface area contributed by atoms with Gasteiger partial charge in [0, 0.05) is 0 Å². The lowest BCUT2D eigenvalue weighted by Gasteiger charge is -2.15. The highest BCUT2D eigenvalue weighted by molar-refractivity contribution is 5.47. The van der Waals surface area contributed by atoms with Crippen molar-refractivity contribution in [2.45, 2.75) is 13.0 Å². The van der Waals surface area contributed by atoms with E-state index in [1.54, 1.807) is 4.68 Å². The molecule has 116 valence electrons. The molecule has 0 radical (unpaired) electrons. The van der Waals surface area contributed by atoms with Gasteiger partial charge in [-0.2, -0.15) is 4.68 Å². The molecule has 0 saturated carbocycles. The highest BCUT2D eigenvalue weighted by atomic mass is 16.7. The Kier molecular flexibility index (Phi) is 3.30. The molecule has 0 bridgehead atoms. The Morgan fingerprint density at radius 1 is 1.09 bits per heavy atom. The van der Waals surface area contributed by atoms with Gasteiger partial charge in [0.05, 0.1) is 11.7 Å². The SMILES string of the molecule is C[C@@H](Nc1nnnn1-c1ccccc1)c1ccc2c(c1)OCO2. The number of hydrogen-bond acceptors (Lipinski definition) is 6. The van der Waals surface area contributed by atoms with E-state index in [-0.39, 0.29) is 12.8 Å². The third kappa shape index (κ3) is 2.57. The van der Waals surface area contributed by atoms with Crippen LogP contribution in [-0.2, 0) is 0 Å². The van der Waals surface area contributed by atoms with Crippen molar-refractivity contribution in [2.75, 3.05) is 12.1 Å². The third-order valence-electron chi connectivity index (χ3n) is 3.71. The highest BCUT2D eigenvalue weighted by Gasteiger charge is 2.17. The van der Waals surface area contributed by atoms with Gasteiger partial charge >= 0.3 is 0 Å². The van der Waals surface area contributed by atoms with E-state index in [1.165, 1.54) is 0 Å². The zero-order valence-corrected chi connectivity index (χ0v) is 12.5. The molecule has 0 amide bonds. The minimum Gasteiger partial charge on any atom is -0.454 e. The number of nitrogens with zero attached hydrogens (tertiary/aromatic N) is 4. The van der Waals surface area contributed by atoms with Gasteiger partial charge in [0.2, 0.25) is 12.7 Å². The first-order valence-electron chi connectivity index (χ1n) is 7.31. The molecule has 4 rings (SSSR count). The fraction of sp³-hybridized carbons (Fsp3) is 0.188. The first-order chi connectivity index (χ1) is 11.3. The maximum absolute atomic E-state index is 5.42. The second kappa shape index (κ2) is 5.60. The minimum absolute atomic E-state index is 0.0120. The van der Waals surface area contributed by atoms with E-state index in [0.29, 0.717) is 5.95 Å². The molecule has 0 saturated heterocycles. The minimum atomic E-state index is 0.0120. The molecule has 1 aromatic heterocycles. The van der Waals surface area contributed by atoms with E-state index in [0.717, 1.165) is 22.7 Å². The van der Waals surface area contributed by atoms with Gasteiger partial charge in [-0.25, -0.2) is 0 Å². The van der Waals surface area contributed by atoms with Gasteiger partial charge in [-0.3, -0.25) is 0 Å². The molecule has 2 heterocycles. The number of aromatic nitrogens is 4. The molecule has 23 heavy (non-hydrogen) atoms. The van der Waals surface area contributed by atoms with Crippen LogP contribution in [0.15, 0.2) is 48.5 Å². The average molecular weight is 309 g/mol. The Morgan fingerprint density at radius 3 is 2.78 bits per heavy atom. The summed E-state index contributed by atoms with van der Waals surface area (Å²) in [6.45, 7) is 2.31. The van der Waals surface area contributed by atoms with E-state index in [2.05, 4.69) is 20.8 Å². The van der Waals surface area contributed by atoms with Crippen LogP contribution in [0.1, 0.15) is 18.5 Å². The molecule has 2 aromatic carbocycles. The maximum Gasteiger partial charge on any atom is 0.248 e. The summed E-state index contributed by atoms with van der Waals surface area (Å²) in [7, 11) is 0. The Bertz CT molecular complexity index is 818. The standard InChI is InChI=1S/C16H15N5O2/c1-11(12-7-8-14-15(9-12)23-10-22-14)17-16-18-19-20-21(16)13-5-3-2-4-6-13/h2-9,11H,10H2,1H3,(H,17,18,20)/t11-/m1/s1. The van der Waals surface area contributed by atoms with E-state index in [4.69, 9.17) is 9.47 Å². The quantitative estimate of drug-likeness (QED) is 0.798. The second-order valence-corrected chi connectivity index (χ2v) is 5.23. The molecular formula is C16H15N5O2. The Morgan fingerprint density at radius 2 is 1.91 bits per heavy atom. The van der Waals surface area contributed by atoms with Crippen molar-refractivity contribution in [1.29, 1.82) is 0 Å². The molecule has 1 N–H and O–H groups in total. The summed E-state index contributed by atoms with van der Waals surface area (Å²) >= 11 is 0. The normalized spacial score (nSPS) is 13.8. The largest absolute Gasteiger partial charge is 0.454 e. The number of benzene rings is 2. The van der Waals surface area contributed by atoms with Crippen molar-refractivity contribution in [3.8, 4) is 17.2 Å². The lowest BCUT2D eigenvalue weighted by Crippen LogP contribution is -2.11. The van der Waals surface area contributed by atoms with Gasteiger partial charge in [0.25, 0.3) is 0 Å². The number of para-hydroxylation sites is 1. The summed E-state index contributed by atoms with van der Waals surface area (Å²) in [5, 5.41) is 15.2. The van der Waals surface area contributed by atoms with Crippen LogP contribution in [-0.4, -0.2) is 27.0 Å². The van der Waals surface area contributed by atoms with Gasteiger partial charge in [-0.1, -0.05) is 29.4 Å². The molecule has 7 nitrogen and oxygen atoms in total. The van der Waals surface area contributed by atoms with Crippen molar-refractivity contribution in [3.05, 3.63) is 54.1 Å². The summed E-state index contributed by atoms with van der Waals surface area (Å²) in [6, 6.07) is 15.6. The van der Waals surface area contributed by atoms with E-state index in [9.17, 15) is 0 Å². The molecule has 0 fully saturated rings. The molecule has 0 aliphatic carbocycles. The molecule has 1 aliphatic heterocycles. The van der Waals surface area contributed by atoms with E-state index in [1.807, 2.05) is 55.5 Å². The third-order valence-corrected chi connectivity index (χ3v) is 3.71. The predicted molar refractivity (Wildman–Crippen MR) is 83.8 cm³/mol. The number of tetrazole rings is 1. The fourth-order valence-electron chi connectivity index (χ4n) is 2.48. The summed E-state index contributed by atoms with van der Waals surface area (Å²) in [4.78, 5) is 0. The smallest absolute Gasteiger partial charge is 0.248 e. The molecule has 0 unspecified atom stereocenters. The van der Waals surface area contributed by atoms with Crippen LogP contribution < -0.4 is 14.8 Å². The van der Waals surface area contributed by atoms with Gasteiger partial charge in [0.1, 0.15) is 0 Å². The first-order valence-corrected chi connectivity index (χ1v) is 7.31. The summed E-state index contributed by atoms with van der Waals surface area (Å²) in [5.41, 5.74) is 1.97. The highest BCUT2D eigenvalue weighted by Crippen LogP contribution is 2.34. The molecule has 1 aliphatic rings. The fourth-order valence-corrected chi connectivity index (χ4v) is 2.48. The average Bonchev–Trinajstić information content (AvgIpc) is 3.23. The molecule has 1 atom stereocenters. The number of fused-ring (bicyclic) bond motifs is 1. The molecule has 0 spiro atoms. The topological polar surface area (TPSA) is 74.1 Å². The van der Waals surface area contributed by atoms with E-state index < -0.39 is 0 Å². The van der Waals surface area contributed by atoms with Crippen LogP contribution in [0.2, 0.25) is 0 Å². The molecule has 3 aromatic rings. The summed E-state index contributed by atoms with van der Waals surface area (Å²) in [5.74, 6) is 2.12. The van der Waals surface area contributed by atoms with Crippen molar-refractivity contribution < 1.29 is 9.47 Å². The number of anilines is 1. The van der Waals surface area contributed by atoms with Crippen LogP contribution in [0.3, 0.4) is 0 Å². The van der Waals surface area contributed by atoms with Gasteiger partial charge in [-0.15, -0.1) is 0 Å². The maximum atomic E-state index is 5.42. The summed E-state index contributed by atoms with van der Waals surface area (Å²) < 4.78 is 12.4. The zero-order valence-electron chi connectivity index (χ0n) is 12.5. The van der Waals surface area contributed by atoms with Gasteiger partial charge < -0.3 is 14.8 Å². The Balaban J connectivity index is 1.58. The number of nitrogens with one attached hydrogen (secondary N) is 1. The molecular weight excluding hydrogens is 294 g/mol. The van der Waals surface area contributed by atoms with Gasteiger partial charge in [-0.05, 0) is 47.2 Å². The van der Waals surface area contributed by atoms with Crippen molar-refractivity contribution in [1.82, 2.24) is 20.2 Å². The predicted octanol–water partition coefficient (Wildman–Crippen LogP) is 2.56. The lowest BCUT2D eigenvalue weighted by molar-refractivity contribution is 0.174. The van der Waals surface area contributed by atoms with Crippen LogP contribution in [0, 0.1) is 0 Å². The van der Waals surface area contributed by atoms with Crippen LogP contribution in [0.25, 0.3) is 5.69 Å². The number of ether oxygens (including phenoxy) is 2. The van der Waals surface area contributed by atoms with Crippen molar-refractivity contribution in [2.24, 2.45) is 0 Å². The number of hydrogen-bond donors (Lipinski definition) is 1. The zero-order chi connectivity index (χ0) is 15.6. The van der Waals surface area contributed by atoms with Crippen LogP contribution >= 0.6 is 0 Å². The van der Waals surface area contributed by atoms with Gasteiger partial charge in [0.15, 0.2) is 11.5 Å². The van der Waals surface area contributed by atoms with Crippen molar-refractivity contribution >= 4 is 5.95 Å². The monoisotopic (exact) mass is 309 g/mol. The first kappa shape index (κ1) is 13.6. The van der Waals surface area contributed by atoms with E-state index >= 15 is 0 Å². The molecule has 7 heteroatoms. The second-order valence-electron chi connectivity index (χ2n) is 5.23. The summed E-state index contributed by atoms with van der Waals surface area (Å²) in [6.07, 6.45) is 0. The number of rotatable bonds is 4. The van der Waals surface area contributed by atoms with Crippen molar-refractivity contribution in [3.63, 3.8) is 0 Å². The Labute approximate surface area is 132 Å². The van der Waals surface area contributed by atoms with Crippen LogP contribution in [0.5, 0.6) is 11.5 Å². The van der Waals surface area contributed by atoms with Crippen LogP contribution in [0.4, 0.5) is 5.95 Å². The lowest BCUT2D eigenvalue weighted by atomic mass is 10.1. The Hall–Kier alpha value is -3.09.